The molecule has 0 fully saturated rings. The summed E-state index contributed by atoms with van der Waals surface area (Å²) in [4.78, 5) is 3.34. The summed E-state index contributed by atoms with van der Waals surface area (Å²) in [6, 6.07) is 18.2. The van der Waals surface area contributed by atoms with Crippen molar-refractivity contribution in [3.8, 4) is 5.75 Å². The van der Waals surface area contributed by atoms with E-state index in [4.69, 9.17) is 4.74 Å². The average molecular weight is 302 g/mol. The Kier molecular flexibility index (Phi) is 3.07. The molecule has 0 aliphatic heterocycles. The number of para-hydroxylation sites is 1. The van der Waals surface area contributed by atoms with Crippen molar-refractivity contribution in [1.29, 1.82) is 0 Å². The van der Waals surface area contributed by atoms with Gasteiger partial charge in [0.15, 0.2) is 0 Å². The van der Waals surface area contributed by atoms with Crippen LogP contribution in [0, 0.1) is 0 Å². The molecule has 3 rings (SSSR count). The highest BCUT2D eigenvalue weighted by Crippen LogP contribution is 2.19. The van der Waals surface area contributed by atoms with Crippen LogP contribution in [0.4, 0.5) is 0 Å². The fourth-order valence-electron chi connectivity index (χ4n) is 1.90. The Bertz CT molecular complexity index is 625. The Labute approximate surface area is 114 Å². The number of H-pyrrole nitrogens is 1. The number of hydrogen-bond donors (Lipinski definition) is 1. The number of aromatic nitrogens is 1. The van der Waals surface area contributed by atoms with Crippen LogP contribution in [-0.4, -0.2) is 4.98 Å². The molecule has 0 spiro atoms. The van der Waals surface area contributed by atoms with Crippen molar-refractivity contribution in [3.63, 3.8) is 0 Å². The summed E-state index contributed by atoms with van der Waals surface area (Å²) in [5, 5.41) is 1.21. The molecule has 0 saturated heterocycles. The first-order chi connectivity index (χ1) is 8.81. The minimum absolute atomic E-state index is 0.552. The average Bonchev–Trinajstić information content (AvgIpc) is 2.81. The molecule has 3 aromatic rings. The Balaban J connectivity index is 1.74. The predicted octanol–water partition coefficient (Wildman–Crippen LogP) is 4.51. The molecule has 2 aromatic carbocycles. The molecule has 1 N–H and O–H groups in total. The number of nitrogens with one attached hydrogen (secondary N) is 1. The van der Waals surface area contributed by atoms with Crippen molar-refractivity contribution in [2.24, 2.45) is 0 Å². The first-order valence-corrected chi connectivity index (χ1v) is 6.55. The van der Waals surface area contributed by atoms with Crippen molar-refractivity contribution in [2.75, 3.05) is 0 Å². The maximum atomic E-state index is 5.72. The maximum Gasteiger partial charge on any atom is 0.128 e. The van der Waals surface area contributed by atoms with Gasteiger partial charge >= 0.3 is 0 Å². The van der Waals surface area contributed by atoms with Gasteiger partial charge in [-0.2, -0.15) is 0 Å². The minimum atomic E-state index is 0.552. The van der Waals surface area contributed by atoms with Gasteiger partial charge in [-0.05, 0) is 41.8 Å². The first kappa shape index (κ1) is 11.4. The molecule has 1 aromatic heterocycles. The van der Waals surface area contributed by atoms with Crippen LogP contribution >= 0.6 is 15.9 Å². The zero-order chi connectivity index (χ0) is 12.4. The van der Waals surface area contributed by atoms with E-state index in [9.17, 15) is 0 Å². The second-order valence-corrected chi connectivity index (χ2v) is 5.04. The minimum Gasteiger partial charge on any atom is -0.487 e. The number of aromatic amines is 1. The third kappa shape index (κ3) is 2.41. The fraction of sp³-hybridized carbons (Fsp3) is 0.0667. The summed E-state index contributed by atoms with van der Waals surface area (Å²) in [5.74, 6) is 0.872. The zero-order valence-corrected chi connectivity index (χ0v) is 11.3. The lowest BCUT2D eigenvalue weighted by Gasteiger charge is -2.04. The number of rotatable bonds is 3. The van der Waals surface area contributed by atoms with Crippen molar-refractivity contribution in [3.05, 3.63) is 64.8 Å². The maximum absolute atomic E-state index is 5.72. The summed E-state index contributed by atoms with van der Waals surface area (Å²) in [5.41, 5.74) is 2.23. The van der Waals surface area contributed by atoms with Gasteiger partial charge in [0.2, 0.25) is 0 Å². The quantitative estimate of drug-likeness (QED) is 0.756. The van der Waals surface area contributed by atoms with Crippen LogP contribution in [-0.2, 0) is 6.61 Å². The fourth-order valence-corrected chi connectivity index (χ4v) is 2.17. The number of ether oxygens (including phenoxy) is 1. The van der Waals surface area contributed by atoms with Crippen molar-refractivity contribution in [2.45, 2.75) is 6.61 Å². The van der Waals surface area contributed by atoms with Crippen LogP contribution in [0.5, 0.6) is 5.75 Å². The van der Waals surface area contributed by atoms with Crippen molar-refractivity contribution >= 4 is 26.8 Å². The van der Waals surface area contributed by atoms with E-state index in [1.54, 1.807) is 0 Å². The van der Waals surface area contributed by atoms with Crippen molar-refractivity contribution < 1.29 is 4.74 Å². The summed E-state index contributed by atoms with van der Waals surface area (Å²) >= 11 is 3.40. The SMILES string of the molecule is Brc1ccc(OCc2cc3ccccc3[nH]2)cc1. The largest absolute Gasteiger partial charge is 0.487 e. The van der Waals surface area contributed by atoms with E-state index >= 15 is 0 Å². The Morgan fingerprint density at radius 3 is 2.56 bits per heavy atom. The zero-order valence-electron chi connectivity index (χ0n) is 9.69. The van der Waals surface area contributed by atoms with Gasteiger partial charge in [-0.25, -0.2) is 0 Å². The van der Waals surface area contributed by atoms with Gasteiger partial charge in [-0.1, -0.05) is 34.1 Å². The van der Waals surface area contributed by atoms with Gasteiger partial charge in [-0.15, -0.1) is 0 Å². The van der Waals surface area contributed by atoms with Crippen LogP contribution in [0.1, 0.15) is 5.69 Å². The molecule has 2 nitrogen and oxygen atoms in total. The van der Waals surface area contributed by atoms with Crippen LogP contribution in [0.3, 0.4) is 0 Å². The van der Waals surface area contributed by atoms with Crippen LogP contribution in [0.25, 0.3) is 10.9 Å². The molecule has 0 aliphatic carbocycles. The van der Waals surface area contributed by atoms with E-state index in [1.165, 1.54) is 5.39 Å². The molecule has 0 bridgehead atoms. The summed E-state index contributed by atoms with van der Waals surface area (Å²) in [7, 11) is 0. The summed E-state index contributed by atoms with van der Waals surface area (Å²) < 4.78 is 6.78. The van der Waals surface area contributed by atoms with Crippen LogP contribution in [0.15, 0.2) is 59.1 Å². The normalized spacial score (nSPS) is 10.7. The van der Waals surface area contributed by atoms with Gasteiger partial charge in [0.1, 0.15) is 12.4 Å². The number of fused-ring (bicyclic) bond motifs is 1. The van der Waals surface area contributed by atoms with E-state index < -0.39 is 0 Å². The standard InChI is InChI=1S/C15H12BrNO/c16-12-5-7-14(8-6-12)18-10-13-9-11-3-1-2-4-15(11)17-13/h1-9,17H,10H2. The molecular weight excluding hydrogens is 290 g/mol. The third-order valence-corrected chi connectivity index (χ3v) is 3.32. The van der Waals surface area contributed by atoms with Gasteiger partial charge < -0.3 is 9.72 Å². The number of benzene rings is 2. The smallest absolute Gasteiger partial charge is 0.128 e. The molecule has 0 saturated carbocycles. The van der Waals surface area contributed by atoms with Gasteiger partial charge in [0, 0.05) is 9.99 Å². The predicted molar refractivity (Wildman–Crippen MR) is 76.8 cm³/mol. The molecule has 0 radical (unpaired) electrons. The Morgan fingerprint density at radius 2 is 1.78 bits per heavy atom. The van der Waals surface area contributed by atoms with Crippen LogP contribution in [0.2, 0.25) is 0 Å². The molecular formula is C15H12BrNO. The molecule has 0 unspecified atom stereocenters. The lowest BCUT2D eigenvalue weighted by molar-refractivity contribution is 0.302. The molecule has 90 valence electrons. The topological polar surface area (TPSA) is 25.0 Å². The number of halogens is 1. The highest BCUT2D eigenvalue weighted by atomic mass is 79.9. The second kappa shape index (κ2) is 4.86. The van der Waals surface area contributed by atoms with E-state index in [0.29, 0.717) is 6.61 Å². The highest BCUT2D eigenvalue weighted by molar-refractivity contribution is 9.10. The lowest BCUT2D eigenvalue weighted by Crippen LogP contribution is -1.94. The van der Waals surface area contributed by atoms with E-state index in [1.807, 2.05) is 36.4 Å². The van der Waals surface area contributed by atoms with Crippen molar-refractivity contribution in [1.82, 2.24) is 4.98 Å². The lowest BCUT2D eigenvalue weighted by atomic mass is 10.2. The summed E-state index contributed by atoms with van der Waals surface area (Å²) in [6.45, 7) is 0.552. The Hall–Kier alpha value is -1.74. The Morgan fingerprint density at radius 1 is 1.00 bits per heavy atom. The monoisotopic (exact) mass is 301 g/mol. The molecule has 1 heterocycles. The number of hydrogen-bond acceptors (Lipinski definition) is 1. The van der Waals surface area contributed by atoms with E-state index in [2.05, 4.69) is 39.1 Å². The molecule has 18 heavy (non-hydrogen) atoms. The van der Waals surface area contributed by atoms with Crippen LogP contribution < -0.4 is 4.74 Å². The van der Waals surface area contributed by atoms with Gasteiger partial charge in [-0.3, -0.25) is 0 Å². The van der Waals surface area contributed by atoms with Gasteiger partial charge in [0.05, 0.1) is 5.69 Å². The highest BCUT2D eigenvalue weighted by Gasteiger charge is 2.01. The van der Waals surface area contributed by atoms with E-state index in [0.717, 1.165) is 21.4 Å². The molecule has 0 aliphatic rings. The molecule has 0 atom stereocenters. The summed E-state index contributed by atoms with van der Waals surface area (Å²) in [6.07, 6.45) is 0. The second-order valence-electron chi connectivity index (χ2n) is 4.12. The first-order valence-electron chi connectivity index (χ1n) is 5.76. The third-order valence-electron chi connectivity index (χ3n) is 2.79. The molecule has 3 heteroatoms. The van der Waals surface area contributed by atoms with E-state index in [-0.39, 0.29) is 0 Å². The van der Waals surface area contributed by atoms with Gasteiger partial charge in [0.25, 0.3) is 0 Å². The molecule has 0 amide bonds.